The summed E-state index contributed by atoms with van der Waals surface area (Å²) in [5.74, 6) is 0.697. The van der Waals surface area contributed by atoms with Crippen LogP contribution in [0.3, 0.4) is 0 Å². The average Bonchev–Trinajstić information content (AvgIpc) is 2.34. The quantitative estimate of drug-likeness (QED) is 0.410. The standard InChI is InChI=1S/C10H12O7P2/c11-18(12)16-10(17-19(13)14)7-4-8-15-9-5-2-1-3-6-9/h1-3,5-6,10H,4,7-8H2/p+2. The van der Waals surface area contributed by atoms with E-state index in [9.17, 15) is 9.13 Å². The highest BCUT2D eigenvalue weighted by Crippen LogP contribution is 2.28. The van der Waals surface area contributed by atoms with E-state index in [0.29, 0.717) is 18.8 Å². The number of para-hydroxylation sites is 1. The summed E-state index contributed by atoms with van der Waals surface area (Å²) >= 11 is 0. The lowest BCUT2D eigenvalue weighted by atomic mass is 10.3. The molecule has 0 radical (unpaired) electrons. The van der Waals surface area contributed by atoms with Crippen LogP contribution in [-0.2, 0) is 18.2 Å². The summed E-state index contributed by atoms with van der Waals surface area (Å²) in [7, 11) is -5.78. The van der Waals surface area contributed by atoms with Crippen molar-refractivity contribution in [2.75, 3.05) is 6.61 Å². The van der Waals surface area contributed by atoms with E-state index in [1.165, 1.54) is 0 Å². The molecule has 2 N–H and O–H groups in total. The molecule has 1 aromatic rings. The normalized spacial score (nSPS) is 13.8. The zero-order chi connectivity index (χ0) is 14.1. The second kappa shape index (κ2) is 9.04. The van der Waals surface area contributed by atoms with Crippen molar-refractivity contribution in [1.82, 2.24) is 0 Å². The fourth-order valence-electron chi connectivity index (χ4n) is 1.28. The van der Waals surface area contributed by atoms with Gasteiger partial charge in [-0.3, -0.25) is 0 Å². The zero-order valence-electron chi connectivity index (χ0n) is 9.92. The van der Waals surface area contributed by atoms with E-state index in [4.69, 9.17) is 14.5 Å². The van der Waals surface area contributed by atoms with Crippen LogP contribution in [0.15, 0.2) is 30.3 Å². The first-order valence-electron chi connectivity index (χ1n) is 5.41. The molecule has 2 unspecified atom stereocenters. The Labute approximate surface area is 112 Å². The minimum atomic E-state index is -2.89. The molecule has 0 amide bonds. The molecule has 0 saturated heterocycles. The molecule has 0 heterocycles. The van der Waals surface area contributed by atoms with Crippen molar-refractivity contribution < 1.29 is 32.7 Å². The van der Waals surface area contributed by atoms with Crippen LogP contribution in [0, 0.1) is 0 Å². The summed E-state index contributed by atoms with van der Waals surface area (Å²) in [6.45, 7) is 0.331. The van der Waals surface area contributed by atoms with Gasteiger partial charge in [0.15, 0.2) is 0 Å². The predicted molar refractivity (Wildman–Crippen MR) is 66.8 cm³/mol. The molecule has 104 valence electrons. The molecule has 19 heavy (non-hydrogen) atoms. The summed E-state index contributed by atoms with van der Waals surface area (Å²) in [5.41, 5.74) is 0. The SMILES string of the molecule is O=[P+](O)OC(CCCOc1ccccc1)O[P+](=O)O. The van der Waals surface area contributed by atoms with Crippen molar-refractivity contribution in [2.24, 2.45) is 0 Å². The van der Waals surface area contributed by atoms with E-state index in [1.54, 1.807) is 12.1 Å². The van der Waals surface area contributed by atoms with E-state index in [0.717, 1.165) is 0 Å². The summed E-state index contributed by atoms with van der Waals surface area (Å²) < 4.78 is 35.3. The smallest absolute Gasteiger partial charge is 0.494 e. The third-order valence-electron chi connectivity index (χ3n) is 2.01. The van der Waals surface area contributed by atoms with E-state index in [1.807, 2.05) is 18.2 Å². The van der Waals surface area contributed by atoms with Crippen molar-refractivity contribution >= 4 is 16.5 Å². The molecule has 0 aliphatic rings. The van der Waals surface area contributed by atoms with Gasteiger partial charge in [0.2, 0.25) is 0 Å². The molecule has 7 nitrogen and oxygen atoms in total. The molecule has 0 bridgehead atoms. The van der Waals surface area contributed by atoms with E-state index >= 15 is 0 Å². The average molecular weight is 308 g/mol. The zero-order valence-corrected chi connectivity index (χ0v) is 11.7. The van der Waals surface area contributed by atoms with Gasteiger partial charge in [-0.25, -0.2) is 0 Å². The molecule has 1 aromatic carbocycles. The lowest BCUT2D eigenvalue weighted by Gasteiger charge is -2.06. The van der Waals surface area contributed by atoms with Gasteiger partial charge in [0.1, 0.15) is 5.75 Å². The van der Waals surface area contributed by atoms with Crippen molar-refractivity contribution in [2.45, 2.75) is 19.1 Å². The first-order valence-corrected chi connectivity index (χ1v) is 7.67. The Balaban J connectivity index is 2.27. The minimum Gasteiger partial charge on any atom is -0.494 e. The van der Waals surface area contributed by atoms with Crippen LogP contribution in [0.5, 0.6) is 5.75 Å². The first kappa shape index (κ1) is 16.1. The second-order valence-electron chi connectivity index (χ2n) is 3.42. The molecule has 0 spiro atoms. The van der Waals surface area contributed by atoms with Crippen LogP contribution in [-0.4, -0.2) is 22.7 Å². The maximum absolute atomic E-state index is 10.5. The van der Waals surface area contributed by atoms with Crippen LogP contribution < -0.4 is 4.74 Å². The van der Waals surface area contributed by atoms with E-state index in [2.05, 4.69) is 9.05 Å². The number of hydrogen-bond acceptors (Lipinski definition) is 5. The molecule has 0 aliphatic carbocycles. The maximum atomic E-state index is 10.5. The third-order valence-corrected chi connectivity index (χ3v) is 2.84. The summed E-state index contributed by atoms with van der Waals surface area (Å²) in [6, 6.07) is 9.11. The van der Waals surface area contributed by atoms with Gasteiger partial charge in [-0.2, -0.15) is 0 Å². The Morgan fingerprint density at radius 3 is 2.16 bits per heavy atom. The number of rotatable bonds is 9. The summed E-state index contributed by atoms with van der Waals surface area (Å²) in [6.07, 6.45) is -0.608. The van der Waals surface area contributed by atoms with Gasteiger partial charge in [-0.15, -0.1) is 9.79 Å². The largest absolute Gasteiger partial charge is 0.697 e. The Morgan fingerprint density at radius 1 is 1.05 bits per heavy atom. The molecular weight excluding hydrogens is 294 g/mol. The summed E-state index contributed by atoms with van der Waals surface area (Å²) in [4.78, 5) is 17.1. The van der Waals surface area contributed by atoms with Gasteiger partial charge in [0, 0.05) is 15.6 Å². The fourth-order valence-corrected chi connectivity index (χ4v) is 2.05. The molecular formula is C10H14O7P2+2. The topological polar surface area (TPSA) is 102 Å². The van der Waals surface area contributed by atoms with Crippen LogP contribution in [0.4, 0.5) is 0 Å². The van der Waals surface area contributed by atoms with Crippen molar-refractivity contribution in [3.05, 3.63) is 30.3 Å². The molecule has 0 aromatic heterocycles. The monoisotopic (exact) mass is 308 g/mol. The molecule has 2 atom stereocenters. The van der Waals surface area contributed by atoms with Crippen LogP contribution >= 0.6 is 16.5 Å². The van der Waals surface area contributed by atoms with Gasteiger partial charge in [-0.05, 0) is 18.6 Å². The molecule has 9 heteroatoms. The highest BCUT2D eigenvalue weighted by molar-refractivity contribution is 7.32. The lowest BCUT2D eigenvalue weighted by Crippen LogP contribution is -2.12. The van der Waals surface area contributed by atoms with Crippen LogP contribution in [0.25, 0.3) is 0 Å². The number of hydrogen-bond donors (Lipinski definition) is 2. The Morgan fingerprint density at radius 2 is 1.63 bits per heavy atom. The maximum Gasteiger partial charge on any atom is 0.697 e. The fraction of sp³-hybridized carbons (Fsp3) is 0.400. The summed E-state index contributed by atoms with van der Waals surface area (Å²) in [5, 5.41) is 0. The second-order valence-corrected chi connectivity index (χ2v) is 4.79. The van der Waals surface area contributed by atoms with Crippen molar-refractivity contribution in [1.29, 1.82) is 0 Å². The van der Waals surface area contributed by atoms with Crippen molar-refractivity contribution in [3.63, 3.8) is 0 Å². The predicted octanol–water partition coefficient (Wildman–Crippen LogP) is 2.50. The molecule has 1 rings (SSSR count). The molecule has 0 aliphatic heterocycles. The van der Waals surface area contributed by atoms with Crippen LogP contribution in [0.1, 0.15) is 12.8 Å². The Hall–Kier alpha value is -0.940. The van der Waals surface area contributed by atoms with Crippen LogP contribution in [0.2, 0.25) is 0 Å². The lowest BCUT2D eigenvalue weighted by molar-refractivity contribution is -0.00715. The number of benzene rings is 1. The van der Waals surface area contributed by atoms with Gasteiger partial charge in [0.05, 0.1) is 6.61 Å². The van der Waals surface area contributed by atoms with E-state index < -0.39 is 22.8 Å². The van der Waals surface area contributed by atoms with E-state index in [-0.39, 0.29) is 6.42 Å². The number of ether oxygens (including phenoxy) is 1. The minimum absolute atomic E-state index is 0.163. The molecule has 0 saturated carbocycles. The molecule has 0 fully saturated rings. The first-order chi connectivity index (χ1) is 9.08. The van der Waals surface area contributed by atoms with Gasteiger partial charge >= 0.3 is 16.5 Å². The highest BCUT2D eigenvalue weighted by atomic mass is 31.1. The Bertz CT molecular complexity index is 396. The van der Waals surface area contributed by atoms with Gasteiger partial charge < -0.3 is 4.74 Å². The van der Waals surface area contributed by atoms with Crippen molar-refractivity contribution in [3.8, 4) is 5.75 Å². The third kappa shape index (κ3) is 7.95. The highest BCUT2D eigenvalue weighted by Gasteiger charge is 2.31. The van der Waals surface area contributed by atoms with Gasteiger partial charge in [-0.1, -0.05) is 27.2 Å². The van der Waals surface area contributed by atoms with Gasteiger partial charge in [0.25, 0.3) is 6.29 Å². The Kier molecular flexibility index (Phi) is 7.67.